The van der Waals surface area contributed by atoms with Gasteiger partial charge in [0.2, 0.25) is 0 Å². The third-order valence-electron chi connectivity index (χ3n) is 2.78. The normalized spacial score (nSPS) is 10.9. The molecule has 0 unspecified atom stereocenters. The van der Waals surface area contributed by atoms with Gasteiger partial charge in [0.05, 0.1) is 11.2 Å². The van der Waals surface area contributed by atoms with Crippen molar-refractivity contribution in [2.24, 2.45) is 7.05 Å². The molecule has 0 aliphatic heterocycles. The van der Waals surface area contributed by atoms with E-state index in [0.29, 0.717) is 0 Å². The largest absolute Gasteiger partial charge is 0.329 e. The highest BCUT2D eigenvalue weighted by atomic mass is 32.2. The Morgan fingerprint density at radius 1 is 1.17 bits per heavy atom. The predicted molar refractivity (Wildman–Crippen MR) is 74.5 cm³/mol. The summed E-state index contributed by atoms with van der Waals surface area (Å²) >= 11 is 1.70. The number of aromatic nitrogens is 3. The summed E-state index contributed by atoms with van der Waals surface area (Å²) in [6.07, 6.45) is 3.77. The van der Waals surface area contributed by atoms with Crippen LogP contribution in [0.3, 0.4) is 0 Å². The zero-order valence-electron chi connectivity index (χ0n) is 10.1. The summed E-state index contributed by atoms with van der Waals surface area (Å²) < 4.78 is 2.02. The molecule has 0 aliphatic rings. The smallest absolute Gasteiger partial charge is 0.168 e. The summed E-state index contributed by atoms with van der Waals surface area (Å²) in [7, 11) is 2.00. The van der Waals surface area contributed by atoms with Crippen LogP contribution in [0.15, 0.2) is 53.9 Å². The van der Waals surface area contributed by atoms with E-state index in [0.717, 1.165) is 22.1 Å². The SMILES string of the molecule is Cn1ccnc1SCc1ccc2ccccc2n1. The lowest BCUT2D eigenvalue weighted by atomic mass is 10.2. The van der Waals surface area contributed by atoms with Crippen LogP contribution in [-0.4, -0.2) is 14.5 Å². The standard InChI is InChI=1S/C14H13N3S/c1-17-9-8-15-14(17)18-10-12-7-6-11-4-2-3-5-13(11)16-12/h2-9H,10H2,1H3. The van der Waals surface area contributed by atoms with E-state index in [1.165, 1.54) is 5.39 Å². The van der Waals surface area contributed by atoms with Gasteiger partial charge >= 0.3 is 0 Å². The van der Waals surface area contributed by atoms with Gasteiger partial charge in [0, 0.05) is 30.6 Å². The Hall–Kier alpha value is -1.81. The van der Waals surface area contributed by atoms with Crippen LogP contribution in [0.4, 0.5) is 0 Å². The summed E-state index contributed by atoms with van der Waals surface area (Å²) in [5.41, 5.74) is 2.14. The summed E-state index contributed by atoms with van der Waals surface area (Å²) in [5, 5.41) is 2.20. The lowest BCUT2D eigenvalue weighted by Gasteiger charge is -2.03. The monoisotopic (exact) mass is 255 g/mol. The number of pyridine rings is 1. The Kier molecular flexibility index (Phi) is 3.02. The topological polar surface area (TPSA) is 30.7 Å². The minimum Gasteiger partial charge on any atom is -0.329 e. The average Bonchev–Trinajstić information content (AvgIpc) is 2.82. The Morgan fingerprint density at radius 3 is 2.89 bits per heavy atom. The Morgan fingerprint density at radius 2 is 2.06 bits per heavy atom. The number of hydrogen-bond acceptors (Lipinski definition) is 3. The van der Waals surface area contributed by atoms with E-state index in [1.807, 2.05) is 42.2 Å². The van der Waals surface area contributed by atoms with Crippen molar-refractivity contribution in [1.82, 2.24) is 14.5 Å². The first kappa shape index (κ1) is 11.3. The molecule has 0 saturated heterocycles. The molecule has 1 aromatic carbocycles. The van der Waals surface area contributed by atoms with Gasteiger partial charge in [-0.1, -0.05) is 36.0 Å². The maximum atomic E-state index is 4.65. The second kappa shape index (κ2) is 4.82. The molecule has 0 N–H and O–H groups in total. The van der Waals surface area contributed by atoms with Crippen LogP contribution in [0.25, 0.3) is 10.9 Å². The van der Waals surface area contributed by atoms with Crippen molar-refractivity contribution in [2.75, 3.05) is 0 Å². The van der Waals surface area contributed by atoms with Crippen molar-refractivity contribution in [1.29, 1.82) is 0 Å². The van der Waals surface area contributed by atoms with Gasteiger partial charge in [0.1, 0.15) is 0 Å². The van der Waals surface area contributed by atoms with Gasteiger partial charge in [0.15, 0.2) is 5.16 Å². The molecule has 0 saturated carbocycles. The highest BCUT2D eigenvalue weighted by Crippen LogP contribution is 2.21. The molecule has 18 heavy (non-hydrogen) atoms. The molecular formula is C14H13N3S. The van der Waals surface area contributed by atoms with Crippen LogP contribution >= 0.6 is 11.8 Å². The van der Waals surface area contributed by atoms with Crippen LogP contribution < -0.4 is 0 Å². The predicted octanol–water partition coefficient (Wildman–Crippen LogP) is 3.26. The van der Waals surface area contributed by atoms with E-state index < -0.39 is 0 Å². The first-order chi connectivity index (χ1) is 8.83. The minimum atomic E-state index is 0.843. The van der Waals surface area contributed by atoms with E-state index >= 15 is 0 Å². The molecule has 0 amide bonds. The molecule has 0 radical (unpaired) electrons. The number of thioether (sulfide) groups is 1. The number of benzene rings is 1. The minimum absolute atomic E-state index is 0.843. The van der Waals surface area contributed by atoms with E-state index in [-0.39, 0.29) is 0 Å². The van der Waals surface area contributed by atoms with Gasteiger partial charge in [-0.15, -0.1) is 0 Å². The Bertz CT molecular complexity index is 675. The third kappa shape index (κ3) is 2.24. The second-order valence-corrected chi connectivity index (χ2v) is 5.05. The summed E-state index contributed by atoms with van der Waals surface area (Å²) in [6.45, 7) is 0. The van der Waals surface area contributed by atoms with Crippen LogP contribution in [0.1, 0.15) is 5.69 Å². The molecule has 0 fully saturated rings. The van der Waals surface area contributed by atoms with Gasteiger partial charge in [-0.2, -0.15) is 0 Å². The number of aryl methyl sites for hydroxylation is 1. The first-order valence-electron chi connectivity index (χ1n) is 5.78. The van der Waals surface area contributed by atoms with Crippen molar-refractivity contribution in [3.8, 4) is 0 Å². The van der Waals surface area contributed by atoms with E-state index in [4.69, 9.17) is 0 Å². The quantitative estimate of drug-likeness (QED) is 0.673. The number of imidazole rings is 1. The molecule has 3 rings (SSSR count). The number of fused-ring (bicyclic) bond motifs is 1. The average molecular weight is 255 g/mol. The van der Waals surface area contributed by atoms with Crippen LogP contribution in [0.5, 0.6) is 0 Å². The molecule has 0 bridgehead atoms. The molecule has 0 aliphatic carbocycles. The molecular weight excluding hydrogens is 242 g/mol. The van der Waals surface area contributed by atoms with Crippen molar-refractivity contribution in [2.45, 2.75) is 10.9 Å². The van der Waals surface area contributed by atoms with Crippen molar-refractivity contribution in [3.05, 3.63) is 54.5 Å². The van der Waals surface area contributed by atoms with Gasteiger partial charge in [0.25, 0.3) is 0 Å². The van der Waals surface area contributed by atoms with Gasteiger partial charge in [-0.05, 0) is 12.1 Å². The lowest BCUT2D eigenvalue weighted by Crippen LogP contribution is -1.92. The third-order valence-corrected chi connectivity index (χ3v) is 3.87. The molecule has 2 heterocycles. The fourth-order valence-electron chi connectivity index (χ4n) is 1.82. The fraction of sp³-hybridized carbons (Fsp3) is 0.143. The van der Waals surface area contributed by atoms with Crippen molar-refractivity contribution < 1.29 is 0 Å². The zero-order chi connectivity index (χ0) is 12.4. The molecule has 3 nitrogen and oxygen atoms in total. The van der Waals surface area contributed by atoms with E-state index in [9.17, 15) is 0 Å². The summed E-state index contributed by atoms with van der Waals surface area (Å²) in [4.78, 5) is 8.94. The number of para-hydroxylation sites is 1. The highest BCUT2D eigenvalue weighted by molar-refractivity contribution is 7.98. The maximum Gasteiger partial charge on any atom is 0.168 e. The highest BCUT2D eigenvalue weighted by Gasteiger charge is 2.02. The van der Waals surface area contributed by atoms with Crippen molar-refractivity contribution in [3.63, 3.8) is 0 Å². The molecule has 4 heteroatoms. The fourth-order valence-corrected chi connectivity index (χ4v) is 2.66. The van der Waals surface area contributed by atoms with Crippen LogP contribution in [0.2, 0.25) is 0 Å². The Labute approximate surface area is 110 Å². The van der Waals surface area contributed by atoms with E-state index in [2.05, 4.69) is 28.2 Å². The summed E-state index contributed by atoms with van der Waals surface area (Å²) in [6, 6.07) is 12.4. The number of nitrogens with zero attached hydrogens (tertiary/aromatic N) is 3. The van der Waals surface area contributed by atoms with Gasteiger partial charge < -0.3 is 4.57 Å². The number of rotatable bonds is 3. The van der Waals surface area contributed by atoms with Crippen LogP contribution in [0, 0.1) is 0 Å². The molecule has 0 spiro atoms. The Balaban J connectivity index is 1.81. The van der Waals surface area contributed by atoms with Crippen LogP contribution in [-0.2, 0) is 12.8 Å². The molecule has 0 atom stereocenters. The molecule has 2 aromatic heterocycles. The first-order valence-corrected chi connectivity index (χ1v) is 6.76. The second-order valence-electron chi connectivity index (χ2n) is 4.10. The summed E-state index contributed by atoms with van der Waals surface area (Å²) in [5.74, 6) is 0.843. The molecule has 3 aromatic rings. The van der Waals surface area contributed by atoms with Crippen molar-refractivity contribution >= 4 is 22.7 Å². The van der Waals surface area contributed by atoms with Gasteiger partial charge in [-0.25, -0.2) is 4.98 Å². The van der Waals surface area contributed by atoms with E-state index in [1.54, 1.807) is 11.8 Å². The maximum absolute atomic E-state index is 4.65. The zero-order valence-corrected chi connectivity index (χ0v) is 10.9. The lowest BCUT2D eigenvalue weighted by molar-refractivity contribution is 0.789. The van der Waals surface area contributed by atoms with Gasteiger partial charge in [-0.3, -0.25) is 4.98 Å². The molecule has 90 valence electrons. The number of hydrogen-bond donors (Lipinski definition) is 0.